The lowest BCUT2D eigenvalue weighted by Crippen LogP contribution is -2.50. The number of imidazole rings is 1. The second-order valence-corrected chi connectivity index (χ2v) is 14.9. The fourth-order valence-corrected chi connectivity index (χ4v) is 6.28. The molecule has 8 N–H and O–H groups in total. The van der Waals surface area contributed by atoms with Crippen molar-refractivity contribution in [2.24, 2.45) is 23.5 Å². The molecule has 0 radical (unpaired) electrons. The molecule has 0 aliphatic heterocycles. The summed E-state index contributed by atoms with van der Waals surface area (Å²) in [6, 6.07) is 6.41. The molecule has 0 fully saturated rings. The van der Waals surface area contributed by atoms with E-state index in [1.165, 1.54) is 24.4 Å². The number of hydrogen-bond donors (Lipinski definition) is 7. The predicted octanol–water partition coefficient (Wildman–Crippen LogP) is 0.176. The summed E-state index contributed by atoms with van der Waals surface area (Å²) in [4.78, 5) is 106. The van der Waals surface area contributed by atoms with Gasteiger partial charge in [-0.1, -0.05) is 44.2 Å². The Hall–Kier alpha value is -4.36. The number of aliphatic hydroxyl groups is 1. The van der Waals surface area contributed by atoms with Crippen LogP contribution in [0.3, 0.4) is 0 Å². The van der Waals surface area contributed by atoms with E-state index in [9.17, 15) is 38.4 Å². The Morgan fingerprint density at radius 1 is 0.964 bits per heavy atom. The van der Waals surface area contributed by atoms with E-state index in [-0.39, 0.29) is 50.8 Å². The van der Waals surface area contributed by atoms with Gasteiger partial charge in [-0.3, -0.25) is 33.3 Å². The average molecular weight is 811 g/mol. The van der Waals surface area contributed by atoms with E-state index < -0.39 is 86.6 Å². The molecule has 0 saturated carbocycles. The molecule has 312 valence electrons. The highest BCUT2D eigenvalue weighted by Crippen LogP contribution is 2.39. The van der Waals surface area contributed by atoms with Gasteiger partial charge in [-0.15, -0.1) is 0 Å². The first kappa shape index (κ1) is 47.8. The number of primary amides is 1. The van der Waals surface area contributed by atoms with E-state index in [2.05, 4.69) is 25.1 Å². The molecule has 0 aliphatic carbocycles. The first-order valence-electron chi connectivity index (χ1n) is 18.1. The van der Waals surface area contributed by atoms with Gasteiger partial charge in [0.05, 0.1) is 63.4 Å². The Morgan fingerprint density at radius 2 is 1.64 bits per heavy atom. The molecule has 56 heavy (non-hydrogen) atoms. The first-order valence-corrected chi connectivity index (χ1v) is 19.6. The van der Waals surface area contributed by atoms with Crippen LogP contribution in [-0.4, -0.2) is 123 Å². The number of nitrogens with two attached hydrogens (primary N) is 1. The Labute approximate surface area is 325 Å². The van der Waals surface area contributed by atoms with E-state index in [1.807, 2.05) is 32.0 Å². The maximum atomic E-state index is 13.9. The van der Waals surface area contributed by atoms with E-state index >= 15 is 0 Å². The molecule has 1 aromatic heterocycles. The minimum atomic E-state index is -5.06. The van der Waals surface area contributed by atoms with Crippen molar-refractivity contribution >= 4 is 43.0 Å². The lowest BCUT2D eigenvalue weighted by atomic mass is 9.90. The molecule has 1 heterocycles. The van der Waals surface area contributed by atoms with Crippen LogP contribution in [-0.2, 0) is 60.3 Å². The smallest absolute Gasteiger partial charge is 0.394 e. The fraction of sp³-hybridized carbons (Fsp3) is 0.583. The summed E-state index contributed by atoms with van der Waals surface area (Å²) in [5, 5.41) is 15.2. The fourth-order valence-electron chi connectivity index (χ4n) is 5.70. The molecule has 19 nitrogen and oxygen atoms in total. The van der Waals surface area contributed by atoms with Crippen LogP contribution in [0.15, 0.2) is 42.7 Å². The lowest BCUT2D eigenvalue weighted by molar-refractivity contribution is -0.138. The number of ether oxygens (including phenoxy) is 2. The normalized spacial score (nSPS) is 14.3. The van der Waals surface area contributed by atoms with E-state index in [4.69, 9.17) is 25.0 Å². The zero-order chi connectivity index (χ0) is 41.8. The van der Waals surface area contributed by atoms with Gasteiger partial charge in [0.25, 0.3) is 0 Å². The summed E-state index contributed by atoms with van der Waals surface area (Å²) in [5.41, 5.74) is 6.13. The van der Waals surface area contributed by atoms with Gasteiger partial charge < -0.3 is 50.6 Å². The molecule has 2 aromatic rings. The molecule has 0 bridgehead atoms. The third kappa shape index (κ3) is 18.1. The number of carbonyl (C=O) groups excluding carboxylic acids is 6. The number of ketones is 2. The number of Topliss-reactive ketones (excluding diaryl/α,β-unsaturated/α-hetero) is 2. The van der Waals surface area contributed by atoms with Crippen LogP contribution in [0, 0.1) is 17.8 Å². The number of nitrogens with zero attached hydrogens (tertiary/aromatic N) is 2. The van der Waals surface area contributed by atoms with Crippen LogP contribution < -0.4 is 16.4 Å². The van der Waals surface area contributed by atoms with E-state index in [1.54, 1.807) is 12.1 Å². The summed E-state index contributed by atoms with van der Waals surface area (Å²) in [7, 11) is -3.53. The Morgan fingerprint density at radius 3 is 2.21 bits per heavy atom. The number of phosphoric ester groups is 1. The van der Waals surface area contributed by atoms with Crippen molar-refractivity contribution in [1.29, 1.82) is 0 Å². The van der Waals surface area contributed by atoms with Gasteiger partial charge in [-0.2, -0.15) is 0 Å². The number of rotatable bonds is 28. The zero-order valence-electron chi connectivity index (χ0n) is 32.1. The number of methoxy groups -OCH3 is 1. The average Bonchev–Trinajstić information content (AvgIpc) is 3.64. The number of nitrogens with one attached hydrogen (secondary N) is 3. The van der Waals surface area contributed by atoms with Crippen LogP contribution >= 0.6 is 7.82 Å². The van der Waals surface area contributed by atoms with Crippen molar-refractivity contribution in [3.8, 4) is 0 Å². The van der Waals surface area contributed by atoms with Crippen molar-refractivity contribution in [3.63, 3.8) is 0 Å². The van der Waals surface area contributed by atoms with Gasteiger partial charge in [0.15, 0.2) is 11.6 Å². The molecule has 0 aliphatic rings. The molecule has 20 heteroatoms. The number of phosphoric acid groups is 1. The van der Waals surface area contributed by atoms with Crippen LogP contribution in [0.4, 0.5) is 0 Å². The molecule has 0 spiro atoms. The minimum absolute atomic E-state index is 0.00246. The number of carbonyl (C=O) groups is 6. The maximum absolute atomic E-state index is 13.9. The van der Waals surface area contributed by atoms with Gasteiger partial charge in [0.2, 0.25) is 23.6 Å². The van der Waals surface area contributed by atoms with Crippen molar-refractivity contribution < 1.29 is 62.2 Å². The van der Waals surface area contributed by atoms with Crippen LogP contribution in [0.2, 0.25) is 0 Å². The molecule has 4 amide bonds. The van der Waals surface area contributed by atoms with Gasteiger partial charge in [-0.25, -0.2) is 9.55 Å². The third-order valence-corrected chi connectivity index (χ3v) is 9.19. The van der Waals surface area contributed by atoms with E-state index in [0.717, 1.165) is 12.5 Å². The van der Waals surface area contributed by atoms with Gasteiger partial charge in [0, 0.05) is 45.3 Å². The van der Waals surface area contributed by atoms with Crippen molar-refractivity contribution in [3.05, 3.63) is 54.1 Å². The largest absolute Gasteiger partial charge is 0.469 e. The van der Waals surface area contributed by atoms with Crippen molar-refractivity contribution in [2.75, 3.05) is 40.1 Å². The quantitative estimate of drug-likeness (QED) is 0.0446. The van der Waals surface area contributed by atoms with Crippen molar-refractivity contribution in [2.45, 2.75) is 77.6 Å². The molecular weight excluding hydrogens is 755 g/mol. The minimum Gasteiger partial charge on any atom is -0.394 e. The van der Waals surface area contributed by atoms with Crippen LogP contribution in [0.1, 0.15) is 57.8 Å². The topological polar surface area (TPSA) is 290 Å². The lowest BCUT2D eigenvalue weighted by Gasteiger charge is -2.26. The molecule has 1 aromatic carbocycles. The van der Waals surface area contributed by atoms with Crippen LogP contribution in [0.25, 0.3) is 0 Å². The monoisotopic (exact) mass is 810 g/mol. The van der Waals surface area contributed by atoms with E-state index in [0.29, 0.717) is 19.0 Å². The third-order valence-electron chi connectivity index (χ3n) is 8.58. The predicted molar refractivity (Wildman–Crippen MR) is 200 cm³/mol. The molecular formula is C36H55N6O13P. The highest BCUT2D eigenvalue weighted by molar-refractivity contribution is 7.46. The first-order chi connectivity index (χ1) is 26.4. The van der Waals surface area contributed by atoms with Crippen LogP contribution in [0.5, 0.6) is 0 Å². The SMILES string of the molecule is COCCOCCC(=O)N(CC(=O)N[C@@H](CC(C)C)C(=O)C[C@@H](Cc1ncc[nH]1)C(=O)N[C@@H](CO)C(=O)C[C@H](C(N)=O)[C@@H](C)OP(=O)(O)O)Cc1ccccc1. The summed E-state index contributed by atoms with van der Waals surface area (Å²) in [6.07, 6.45) is 0.370. The molecule has 0 saturated heterocycles. The summed E-state index contributed by atoms with van der Waals surface area (Å²) in [5.74, 6) is -6.75. The van der Waals surface area contributed by atoms with Gasteiger partial charge in [-0.05, 0) is 24.8 Å². The number of H-pyrrole nitrogens is 1. The Kier molecular flexibility index (Phi) is 20.7. The number of aromatic amines is 1. The number of aromatic nitrogens is 2. The van der Waals surface area contributed by atoms with Gasteiger partial charge in [0.1, 0.15) is 11.9 Å². The summed E-state index contributed by atoms with van der Waals surface area (Å²) >= 11 is 0. The molecule has 5 atom stereocenters. The number of amides is 4. The number of aliphatic hydroxyl groups excluding tert-OH is 1. The highest BCUT2D eigenvalue weighted by Gasteiger charge is 2.35. The Bertz CT molecular complexity index is 1610. The second kappa shape index (κ2) is 24.3. The number of benzene rings is 1. The summed E-state index contributed by atoms with van der Waals surface area (Å²) < 4.78 is 26.2. The molecule has 0 unspecified atom stereocenters. The van der Waals surface area contributed by atoms with Crippen molar-refractivity contribution in [1.82, 2.24) is 25.5 Å². The summed E-state index contributed by atoms with van der Waals surface area (Å²) in [6.45, 7) is 4.42. The standard InChI is InChI=1S/C36H55N6O13P/c1-23(2)16-28(40-33(46)21-42(20-25-8-6-5-7-9-25)34(47)10-13-54-15-14-53-4)30(44)17-26(18-32-38-11-12-39-32)36(49)41-29(22-43)31(45)19-27(35(37)48)24(3)55-56(50,51)52/h5-9,11-12,23-24,26-29,43H,10,13-22H2,1-4H3,(H2,37,48)(H,38,39)(H,40,46)(H,41,49)(H2,50,51,52)/t24-,26+,27+,28+,29+/m1/s1. The van der Waals surface area contributed by atoms with Gasteiger partial charge >= 0.3 is 7.82 Å². The maximum Gasteiger partial charge on any atom is 0.469 e. The highest BCUT2D eigenvalue weighted by atomic mass is 31.2. The second-order valence-electron chi connectivity index (χ2n) is 13.7. The zero-order valence-corrected chi connectivity index (χ0v) is 33.0. The molecule has 2 rings (SSSR count). The number of hydrogen-bond acceptors (Lipinski definition) is 12. The Balaban J connectivity index is 2.24.